The van der Waals surface area contributed by atoms with Crippen LogP contribution in [0.15, 0.2) is 92.0 Å². The Morgan fingerprint density at radius 2 is 1.04 bits per heavy atom. The smallest absolute Gasteiger partial charge is 0.343 e. The third-order valence-electron chi connectivity index (χ3n) is 5.71. The molecule has 0 saturated heterocycles. The highest BCUT2D eigenvalue weighted by Crippen LogP contribution is 2.26. The zero-order valence-corrected chi connectivity index (χ0v) is 24.1. The Balaban J connectivity index is 1.53. The summed E-state index contributed by atoms with van der Waals surface area (Å²) in [4.78, 5) is 59.2. The molecular formula is C33H30O12. The number of aromatic carboxylic acids is 1. The fourth-order valence-corrected chi connectivity index (χ4v) is 3.49. The van der Waals surface area contributed by atoms with Gasteiger partial charge in [-0.2, -0.15) is 0 Å². The van der Waals surface area contributed by atoms with E-state index >= 15 is 0 Å². The van der Waals surface area contributed by atoms with E-state index in [1.165, 1.54) is 48.5 Å². The fraction of sp³-hybridized carbons (Fsp3) is 0.182. The van der Waals surface area contributed by atoms with Crippen molar-refractivity contribution in [1.82, 2.24) is 0 Å². The van der Waals surface area contributed by atoms with Gasteiger partial charge < -0.3 is 33.5 Å². The van der Waals surface area contributed by atoms with E-state index in [-0.39, 0.29) is 49.1 Å². The van der Waals surface area contributed by atoms with Gasteiger partial charge in [-0.3, -0.25) is 0 Å². The van der Waals surface area contributed by atoms with Crippen LogP contribution in [0, 0.1) is 0 Å². The Hall–Kier alpha value is -5.91. The minimum atomic E-state index is -1.40. The number of hydrogen-bond acceptors (Lipinski definition) is 11. The highest BCUT2D eigenvalue weighted by atomic mass is 16.6. The molecule has 0 saturated carbocycles. The molecule has 234 valence electrons. The largest absolute Gasteiger partial charge is 0.493 e. The van der Waals surface area contributed by atoms with Crippen molar-refractivity contribution >= 4 is 29.8 Å². The molecule has 0 bridgehead atoms. The topological polar surface area (TPSA) is 161 Å². The molecule has 0 unspecified atom stereocenters. The molecule has 45 heavy (non-hydrogen) atoms. The van der Waals surface area contributed by atoms with Gasteiger partial charge in [-0.05, 0) is 66.7 Å². The number of carboxylic acid groups (broad SMARTS) is 1. The van der Waals surface area contributed by atoms with Crippen molar-refractivity contribution < 1.29 is 57.5 Å². The molecule has 0 atom stereocenters. The molecule has 0 heterocycles. The molecule has 0 amide bonds. The second kappa shape index (κ2) is 17.3. The highest BCUT2D eigenvalue weighted by molar-refractivity contribution is 5.96. The van der Waals surface area contributed by atoms with E-state index in [1.807, 2.05) is 0 Å². The summed E-state index contributed by atoms with van der Waals surface area (Å²) in [5.41, 5.74) is -0.0795. The monoisotopic (exact) mass is 618 g/mol. The van der Waals surface area contributed by atoms with Crippen LogP contribution in [0.2, 0.25) is 0 Å². The SMILES string of the molecule is C=CC(=O)OCCCOc1ccc(C(=O)Oc2ccc(OC(=O)c3ccc(OCCCOC(=O)C=C)cc3)c(C(=O)O)c2)cc1. The van der Waals surface area contributed by atoms with E-state index in [0.717, 1.165) is 18.2 Å². The lowest BCUT2D eigenvalue weighted by Crippen LogP contribution is -2.13. The van der Waals surface area contributed by atoms with Gasteiger partial charge in [0, 0.05) is 25.0 Å². The van der Waals surface area contributed by atoms with Crippen LogP contribution >= 0.6 is 0 Å². The number of esters is 4. The van der Waals surface area contributed by atoms with Crippen molar-refractivity contribution in [2.24, 2.45) is 0 Å². The van der Waals surface area contributed by atoms with Crippen LogP contribution in [0.5, 0.6) is 23.0 Å². The van der Waals surface area contributed by atoms with E-state index in [9.17, 15) is 29.1 Å². The minimum Gasteiger partial charge on any atom is -0.493 e. The zero-order chi connectivity index (χ0) is 32.6. The van der Waals surface area contributed by atoms with Gasteiger partial charge in [-0.15, -0.1) is 0 Å². The average Bonchev–Trinajstić information content (AvgIpc) is 3.05. The minimum absolute atomic E-state index is 0.0765. The lowest BCUT2D eigenvalue weighted by molar-refractivity contribution is -0.138. The number of hydrogen-bond donors (Lipinski definition) is 1. The van der Waals surface area contributed by atoms with Gasteiger partial charge in [-0.25, -0.2) is 24.0 Å². The number of carbonyl (C=O) groups is 5. The molecule has 0 aromatic heterocycles. The molecule has 3 aromatic carbocycles. The third kappa shape index (κ3) is 11.0. The fourth-order valence-electron chi connectivity index (χ4n) is 3.49. The van der Waals surface area contributed by atoms with Crippen LogP contribution in [-0.4, -0.2) is 61.4 Å². The van der Waals surface area contributed by atoms with E-state index in [1.54, 1.807) is 12.1 Å². The van der Waals surface area contributed by atoms with Crippen LogP contribution in [0.4, 0.5) is 0 Å². The molecule has 0 radical (unpaired) electrons. The summed E-state index contributed by atoms with van der Waals surface area (Å²) in [6.07, 6.45) is 3.05. The normalized spacial score (nSPS) is 10.1. The Morgan fingerprint density at radius 3 is 1.49 bits per heavy atom. The number of rotatable bonds is 17. The molecular weight excluding hydrogens is 588 g/mol. The summed E-state index contributed by atoms with van der Waals surface area (Å²) in [5, 5.41) is 9.68. The maximum Gasteiger partial charge on any atom is 0.343 e. The van der Waals surface area contributed by atoms with Gasteiger partial charge >= 0.3 is 29.8 Å². The van der Waals surface area contributed by atoms with E-state index in [0.29, 0.717) is 24.3 Å². The summed E-state index contributed by atoms with van der Waals surface area (Å²) in [6, 6.07) is 15.6. The molecule has 3 rings (SSSR count). The van der Waals surface area contributed by atoms with Crippen LogP contribution in [0.25, 0.3) is 0 Å². The Kier molecular flexibility index (Phi) is 12.9. The van der Waals surface area contributed by atoms with Crippen molar-refractivity contribution in [3.63, 3.8) is 0 Å². The molecule has 0 fully saturated rings. The first-order valence-corrected chi connectivity index (χ1v) is 13.6. The molecule has 0 aliphatic carbocycles. The zero-order valence-electron chi connectivity index (χ0n) is 24.1. The van der Waals surface area contributed by atoms with Gasteiger partial charge in [0.25, 0.3) is 0 Å². The summed E-state index contributed by atoms with van der Waals surface area (Å²) in [5.74, 6) is -3.39. The number of ether oxygens (including phenoxy) is 6. The predicted molar refractivity (Wildman–Crippen MR) is 159 cm³/mol. The summed E-state index contributed by atoms with van der Waals surface area (Å²) in [6.45, 7) is 7.51. The molecule has 12 heteroatoms. The van der Waals surface area contributed by atoms with E-state index in [4.69, 9.17) is 28.4 Å². The Morgan fingerprint density at radius 1 is 0.600 bits per heavy atom. The predicted octanol–water partition coefficient (Wildman–Crippen LogP) is 4.82. The van der Waals surface area contributed by atoms with Crippen molar-refractivity contribution in [2.75, 3.05) is 26.4 Å². The molecule has 1 N–H and O–H groups in total. The molecule has 0 aliphatic heterocycles. The van der Waals surface area contributed by atoms with Crippen molar-refractivity contribution in [3.05, 3.63) is 109 Å². The van der Waals surface area contributed by atoms with Crippen LogP contribution < -0.4 is 18.9 Å². The summed E-state index contributed by atoms with van der Waals surface area (Å²) < 4.78 is 31.4. The maximum atomic E-state index is 12.7. The van der Waals surface area contributed by atoms with Crippen molar-refractivity contribution in [2.45, 2.75) is 12.8 Å². The Labute approximate surface area is 258 Å². The quantitative estimate of drug-likeness (QED) is 0.0952. The first-order chi connectivity index (χ1) is 21.7. The van der Waals surface area contributed by atoms with Crippen molar-refractivity contribution in [1.29, 1.82) is 0 Å². The van der Waals surface area contributed by atoms with Crippen LogP contribution in [0.3, 0.4) is 0 Å². The lowest BCUT2D eigenvalue weighted by atomic mass is 10.1. The van der Waals surface area contributed by atoms with Gasteiger partial charge in [-0.1, -0.05) is 13.2 Å². The van der Waals surface area contributed by atoms with E-state index in [2.05, 4.69) is 13.2 Å². The molecule has 3 aromatic rings. The standard InChI is InChI=1S/C33H30O12/c1-3-29(34)42-19-5-17-40-24-11-7-22(8-12-24)32(38)44-26-15-16-28(27(21-26)31(36)37)45-33(39)23-9-13-25(14-10-23)41-18-6-20-43-30(35)4-2/h3-4,7-16,21H,1-2,5-6,17-20H2,(H,36,37). The average molecular weight is 619 g/mol. The highest BCUT2D eigenvalue weighted by Gasteiger charge is 2.19. The maximum absolute atomic E-state index is 12.7. The molecule has 0 aliphatic rings. The molecule has 0 spiro atoms. The van der Waals surface area contributed by atoms with Gasteiger partial charge in [0.1, 0.15) is 28.6 Å². The second-order valence-corrected chi connectivity index (χ2v) is 8.94. The van der Waals surface area contributed by atoms with E-state index < -0.39 is 35.4 Å². The second-order valence-electron chi connectivity index (χ2n) is 8.94. The first kappa shape index (κ1) is 33.6. The lowest BCUT2D eigenvalue weighted by Gasteiger charge is -2.11. The van der Waals surface area contributed by atoms with Crippen LogP contribution in [0.1, 0.15) is 43.9 Å². The summed E-state index contributed by atoms with van der Waals surface area (Å²) >= 11 is 0. The Bertz CT molecular complexity index is 1520. The number of carbonyl (C=O) groups excluding carboxylic acids is 4. The van der Waals surface area contributed by atoms with Crippen LogP contribution in [-0.2, 0) is 19.1 Å². The first-order valence-electron chi connectivity index (χ1n) is 13.6. The summed E-state index contributed by atoms with van der Waals surface area (Å²) in [7, 11) is 0. The van der Waals surface area contributed by atoms with Gasteiger partial charge in [0.2, 0.25) is 0 Å². The van der Waals surface area contributed by atoms with Gasteiger partial charge in [0.15, 0.2) is 0 Å². The van der Waals surface area contributed by atoms with Gasteiger partial charge in [0.05, 0.1) is 37.6 Å². The number of benzene rings is 3. The molecule has 12 nitrogen and oxygen atoms in total. The van der Waals surface area contributed by atoms with Crippen molar-refractivity contribution in [3.8, 4) is 23.0 Å². The number of carboxylic acids is 1. The third-order valence-corrected chi connectivity index (χ3v) is 5.71.